The fourth-order valence-corrected chi connectivity index (χ4v) is 6.53. The van der Waals surface area contributed by atoms with Crippen LogP contribution in [0.5, 0.6) is 0 Å². The fraction of sp³-hybridized carbons (Fsp3) is 0.721. The number of unbranched alkanes of at least 4 members (excludes halogenated alkanes) is 11. The molecule has 1 rings (SSSR count). The van der Waals surface area contributed by atoms with Crippen LogP contribution < -0.4 is 0 Å². The van der Waals surface area contributed by atoms with Crippen molar-refractivity contribution in [2.24, 2.45) is 0 Å². The van der Waals surface area contributed by atoms with Crippen LogP contribution in [0.2, 0.25) is 0 Å². The molecule has 6 atom stereocenters. The number of aliphatic hydroxyl groups is 3. The van der Waals surface area contributed by atoms with Crippen molar-refractivity contribution in [3.05, 3.63) is 60.8 Å². The molecule has 0 spiro atoms. The number of carbonyl (C=O) groups excluding carboxylic acids is 2. The third-order valence-corrected chi connectivity index (χ3v) is 9.83. The predicted molar refractivity (Wildman–Crippen MR) is 219 cm³/mol. The molecule has 1 aliphatic heterocycles. The second-order valence-electron chi connectivity index (χ2n) is 14.3. The molecule has 0 radical (unpaired) electrons. The van der Waals surface area contributed by atoms with Gasteiger partial charge in [-0.05, 0) is 77.0 Å². The molecular weight excluding hydrogens is 741 g/mol. The fourth-order valence-electron chi connectivity index (χ4n) is 5.84. The molecule has 1 fully saturated rings. The van der Waals surface area contributed by atoms with Crippen molar-refractivity contribution >= 4 is 22.1 Å². The lowest BCUT2D eigenvalue weighted by molar-refractivity contribution is -0.297. The Morgan fingerprint density at radius 2 is 1.12 bits per heavy atom. The van der Waals surface area contributed by atoms with Crippen LogP contribution in [0.1, 0.15) is 142 Å². The number of allylic oxidation sites excluding steroid dienone is 10. The number of ether oxygens (including phenoxy) is 4. The summed E-state index contributed by atoms with van der Waals surface area (Å²) < 4.78 is 53.9. The van der Waals surface area contributed by atoms with Crippen LogP contribution >= 0.6 is 0 Å². The van der Waals surface area contributed by atoms with E-state index in [0.29, 0.717) is 12.8 Å². The minimum Gasteiger partial charge on any atom is -0.462 e. The normalized spacial score (nSPS) is 21.3. The molecule has 0 aromatic rings. The van der Waals surface area contributed by atoms with Crippen LogP contribution in [0.15, 0.2) is 60.8 Å². The molecule has 0 aliphatic carbocycles. The van der Waals surface area contributed by atoms with Crippen molar-refractivity contribution in [1.82, 2.24) is 0 Å². The van der Waals surface area contributed by atoms with Gasteiger partial charge < -0.3 is 34.3 Å². The third-order valence-electron chi connectivity index (χ3n) is 9.08. The van der Waals surface area contributed by atoms with Gasteiger partial charge in [0.25, 0.3) is 10.1 Å². The second-order valence-corrected chi connectivity index (χ2v) is 15.8. The van der Waals surface area contributed by atoms with E-state index in [1.54, 1.807) is 0 Å². The molecule has 4 N–H and O–H groups in total. The van der Waals surface area contributed by atoms with Gasteiger partial charge >= 0.3 is 11.9 Å². The summed E-state index contributed by atoms with van der Waals surface area (Å²) in [7, 11) is -4.61. The second kappa shape index (κ2) is 33.3. The summed E-state index contributed by atoms with van der Waals surface area (Å²) >= 11 is 0. The Bertz CT molecular complexity index is 1280. The van der Waals surface area contributed by atoms with Gasteiger partial charge in [-0.2, -0.15) is 8.42 Å². The average Bonchev–Trinajstić information content (AvgIpc) is 3.16. The third kappa shape index (κ3) is 27.9. The Morgan fingerprint density at radius 1 is 0.625 bits per heavy atom. The van der Waals surface area contributed by atoms with Gasteiger partial charge in [-0.3, -0.25) is 14.1 Å². The molecule has 0 aromatic carbocycles. The highest BCUT2D eigenvalue weighted by atomic mass is 32.2. The SMILES string of the molecule is CC/C=C\C/C=C\C/C=C\C/C=C\CCCCC(=O)OC(COC(=O)CCCCCCC/C=C\CCCCCC)COC1OC(CS(=O)(=O)O)C(O)C(O)C1O. The van der Waals surface area contributed by atoms with E-state index in [2.05, 4.69) is 74.6 Å². The minimum absolute atomic E-state index is 0.108. The number of rotatable bonds is 33. The number of aliphatic hydroxyl groups excluding tert-OH is 3. The van der Waals surface area contributed by atoms with Gasteiger partial charge in [0.2, 0.25) is 0 Å². The first-order chi connectivity index (χ1) is 27.0. The van der Waals surface area contributed by atoms with E-state index in [4.69, 9.17) is 18.9 Å². The lowest BCUT2D eigenvalue weighted by Gasteiger charge is -2.40. The summed E-state index contributed by atoms with van der Waals surface area (Å²) in [6.45, 7) is 3.56. The van der Waals surface area contributed by atoms with Gasteiger partial charge in [-0.15, -0.1) is 0 Å². The van der Waals surface area contributed by atoms with Crippen molar-refractivity contribution in [1.29, 1.82) is 0 Å². The molecule has 322 valence electrons. The smallest absolute Gasteiger partial charge is 0.306 e. The predicted octanol–water partition coefficient (Wildman–Crippen LogP) is 7.78. The van der Waals surface area contributed by atoms with Gasteiger partial charge in [0.1, 0.15) is 36.8 Å². The lowest BCUT2D eigenvalue weighted by atomic mass is 10.00. The van der Waals surface area contributed by atoms with Crippen LogP contribution in [0, 0.1) is 0 Å². The zero-order valence-electron chi connectivity index (χ0n) is 34.0. The Morgan fingerprint density at radius 3 is 1.73 bits per heavy atom. The Balaban J connectivity index is 2.54. The van der Waals surface area contributed by atoms with Crippen LogP contribution in [-0.2, 0) is 38.7 Å². The van der Waals surface area contributed by atoms with Gasteiger partial charge in [0.15, 0.2) is 12.4 Å². The van der Waals surface area contributed by atoms with Crippen LogP contribution in [0.4, 0.5) is 0 Å². The first-order valence-electron chi connectivity index (χ1n) is 20.8. The summed E-state index contributed by atoms with van der Waals surface area (Å²) in [5.74, 6) is -2.06. The van der Waals surface area contributed by atoms with Gasteiger partial charge in [-0.25, -0.2) is 0 Å². The van der Waals surface area contributed by atoms with Crippen LogP contribution in [-0.4, -0.2) is 96.0 Å². The van der Waals surface area contributed by atoms with Crippen molar-refractivity contribution in [2.75, 3.05) is 19.0 Å². The summed E-state index contributed by atoms with van der Waals surface area (Å²) in [4.78, 5) is 25.3. The van der Waals surface area contributed by atoms with Crippen molar-refractivity contribution in [2.45, 2.75) is 179 Å². The van der Waals surface area contributed by atoms with E-state index >= 15 is 0 Å². The lowest BCUT2D eigenvalue weighted by Crippen LogP contribution is -2.60. The Kier molecular flexibility index (Phi) is 30.6. The molecule has 6 unspecified atom stereocenters. The van der Waals surface area contributed by atoms with Gasteiger partial charge in [0, 0.05) is 12.8 Å². The van der Waals surface area contributed by atoms with Gasteiger partial charge in [0.05, 0.1) is 6.61 Å². The largest absolute Gasteiger partial charge is 0.462 e. The van der Waals surface area contributed by atoms with Gasteiger partial charge in [-0.1, -0.05) is 113 Å². The van der Waals surface area contributed by atoms with E-state index in [1.165, 1.54) is 25.7 Å². The topological polar surface area (TPSA) is 186 Å². The number of hydrogen-bond donors (Lipinski definition) is 4. The highest BCUT2D eigenvalue weighted by Crippen LogP contribution is 2.24. The van der Waals surface area contributed by atoms with E-state index in [9.17, 15) is 37.9 Å². The maximum Gasteiger partial charge on any atom is 0.306 e. The molecule has 12 nitrogen and oxygen atoms in total. The molecule has 0 aromatic heterocycles. The highest BCUT2D eigenvalue weighted by molar-refractivity contribution is 7.85. The zero-order valence-corrected chi connectivity index (χ0v) is 34.8. The van der Waals surface area contributed by atoms with E-state index in [0.717, 1.165) is 77.0 Å². The first kappa shape index (κ1) is 51.4. The van der Waals surface area contributed by atoms with Crippen molar-refractivity contribution in [3.63, 3.8) is 0 Å². The summed E-state index contributed by atoms with van der Waals surface area (Å²) in [6.07, 6.45) is 29.9. The quantitative estimate of drug-likeness (QED) is 0.0219. The van der Waals surface area contributed by atoms with E-state index in [1.807, 2.05) is 0 Å². The van der Waals surface area contributed by atoms with E-state index < -0.39 is 71.2 Å². The average molecular weight is 813 g/mol. The first-order valence-corrected chi connectivity index (χ1v) is 22.5. The molecule has 1 heterocycles. The monoisotopic (exact) mass is 812 g/mol. The molecule has 0 amide bonds. The molecule has 0 bridgehead atoms. The summed E-state index contributed by atoms with van der Waals surface area (Å²) in [5, 5.41) is 30.8. The molecule has 1 aliphatic rings. The number of esters is 2. The molecular formula is C43H72O12S. The summed E-state index contributed by atoms with van der Waals surface area (Å²) in [5.41, 5.74) is 0. The summed E-state index contributed by atoms with van der Waals surface area (Å²) in [6, 6.07) is 0. The standard InChI is InChI=1S/C43H72O12S/c1-3-5-7-9-11-13-15-17-18-20-22-24-26-28-30-32-39(45)54-36(34-53-43-42(48)41(47)40(46)37(55-43)35-56(49,50)51)33-52-38(44)31-29-27-25-23-21-19-16-14-12-10-8-6-4-2/h5,7,11,13-14,16-18,22,24,36-37,40-43,46-48H,3-4,6,8-10,12,15,19-21,23,25-35H2,1-2H3,(H,49,50,51)/b7-5-,13-11-,16-14-,18-17-,24-22-. The van der Waals surface area contributed by atoms with E-state index in [-0.39, 0.29) is 19.4 Å². The number of carbonyl (C=O) groups is 2. The maximum atomic E-state index is 12.8. The van der Waals surface area contributed by atoms with Crippen molar-refractivity contribution in [3.8, 4) is 0 Å². The van der Waals surface area contributed by atoms with Crippen molar-refractivity contribution < 1.29 is 56.8 Å². The van der Waals surface area contributed by atoms with Crippen LogP contribution in [0.25, 0.3) is 0 Å². The Hall–Kier alpha value is -2.65. The Labute approximate surface area is 336 Å². The number of hydrogen-bond acceptors (Lipinski definition) is 11. The maximum absolute atomic E-state index is 12.8. The minimum atomic E-state index is -4.61. The molecule has 0 saturated carbocycles. The van der Waals surface area contributed by atoms with Crippen LogP contribution in [0.3, 0.4) is 0 Å². The molecule has 56 heavy (non-hydrogen) atoms. The highest BCUT2D eigenvalue weighted by Gasteiger charge is 2.46. The molecule has 1 saturated heterocycles. The zero-order chi connectivity index (χ0) is 41.3. The molecule has 13 heteroatoms.